The van der Waals surface area contributed by atoms with Crippen LogP contribution in [0.25, 0.3) is 28.6 Å². The Labute approximate surface area is 167 Å². The third kappa shape index (κ3) is 3.48. The maximum absolute atomic E-state index is 9.35. The number of aliphatic hydroxyl groups is 1. The SMILES string of the molecule is Nc1cc(-c2cccc(CN3CC[C@@H](CO)C3)c2)nc2nc(-c3ccco3)nn12. The van der Waals surface area contributed by atoms with Crippen LogP contribution < -0.4 is 5.73 Å². The molecule has 0 spiro atoms. The van der Waals surface area contributed by atoms with Crippen molar-refractivity contribution >= 4 is 11.6 Å². The molecule has 3 aromatic heterocycles. The number of hydrogen-bond donors (Lipinski definition) is 2. The third-order valence-corrected chi connectivity index (χ3v) is 5.34. The molecule has 148 valence electrons. The normalized spacial score (nSPS) is 17.3. The Kier molecular flexibility index (Phi) is 4.49. The Morgan fingerprint density at radius 2 is 2.10 bits per heavy atom. The number of benzene rings is 1. The van der Waals surface area contributed by atoms with Crippen LogP contribution >= 0.6 is 0 Å². The Bertz CT molecular complexity index is 1140. The van der Waals surface area contributed by atoms with Crippen molar-refractivity contribution in [2.45, 2.75) is 13.0 Å². The van der Waals surface area contributed by atoms with Gasteiger partial charge < -0.3 is 15.3 Å². The molecule has 1 aromatic carbocycles. The van der Waals surface area contributed by atoms with E-state index in [0.717, 1.165) is 37.3 Å². The molecule has 8 heteroatoms. The summed E-state index contributed by atoms with van der Waals surface area (Å²) < 4.78 is 6.89. The van der Waals surface area contributed by atoms with E-state index in [2.05, 4.69) is 32.1 Å². The first-order chi connectivity index (χ1) is 14.2. The van der Waals surface area contributed by atoms with E-state index in [-0.39, 0.29) is 6.61 Å². The Morgan fingerprint density at radius 1 is 1.17 bits per heavy atom. The maximum atomic E-state index is 9.35. The number of rotatable bonds is 5. The molecule has 1 saturated heterocycles. The molecule has 5 rings (SSSR count). The van der Waals surface area contributed by atoms with Crippen LogP contribution in [-0.2, 0) is 6.54 Å². The van der Waals surface area contributed by atoms with Crippen molar-refractivity contribution in [1.82, 2.24) is 24.5 Å². The van der Waals surface area contributed by atoms with Crippen molar-refractivity contribution in [3.05, 3.63) is 54.3 Å². The lowest BCUT2D eigenvalue weighted by Crippen LogP contribution is -2.20. The predicted molar refractivity (Wildman–Crippen MR) is 109 cm³/mol. The van der Waals surface area contributed by atoms with Gasteiger partial charge in [-0.3, -0.25) is 4.90 Å². The number of fused-ring (bicyclic) bond motifs is 1. The number of nitrogens with zero attached hydrogens (tertiary/aromatic N) is 5. The van der Waals surface area contributed by atoms with Gasteiger partial charge >= 0.3 is 0 Å². The minimum absolute atomic E-state index is 0.262. The van der Waals surface area contributed by atoms with Crippen LogP contribution in [0.4, 0.5) is 5.82 Å². The molecule has 1 atom stereocenters. The molecule has 0 aliphatic carbocycles. The highest BCUT2D eigenvalue weighted by Gasteiger charge is 2.21. The molecule has 8 nitrogen and oxygen atoms in total. The van der Waals surface area contributed by atoms with Crippen molar-refractivity contribution in [3.63, 3.8) is 0 Å². The fraction of sp³-hybridized carbons (Fsp3) is 0.286. The fourth-order valence-corrected chi connectivity index (χ4v) is 3.84. The number of furan rings is 1. The number of nitrogens with two attached hydrogens (primary N) is 1. The van der Waals surface area contributed by atoms with E-state index in [0.29, 0.717) is 29.1 Å². The van der Waals surface area contributed by atoms with Crippen molar-refractivity contribution in [2.24, 2.45) is 5.92 Å². The summed E-state index contributed by atoms with van der Waals surface area (Å²) in [6.07, 6.45) is 2.63. The molecular weight excluding hydrogens is 368 g/mol. The van der Waals surface area contributed by atoms with E-state index >= 15 is 0 Å². The van der Waals surface area contributed by atoms with E-state index in [1.54, 1.807) is 18.4 Å². The summed E-state index contributed by atoms with van der Waals surface area (Å²) in [5.74, 6) is 2.31. The molecule has 1 aliphatic rings. The van der Waals surface area contributed by atoms with E-state index in [1.807, 2.05) is 18.2 Å². The number of nitrogen functional groups attached to an aromatic ring is 1. The maximum Gasteiger partial charge on any atom is 0.255 e. The summed E-state index contributed by atoms with van der Waals surface area (Å²) in [4.78, 5) is 11.5. The molecule has 0 saturated carbocycles. The molecule has 29 heavy (non-hydrogen) atoms. The van der Waals surface area contributed by atoms with Crippen molar-refractivity contribution in [1.29, 1.82) is 0 Å². The topological polar surface area (TPSA) is 106 Å². The minimum Gasteiger partial charge on any atom is -0.461 e. The van der Waals surface area contributed by atoms with E-state index in [4.69, 9.17) is 10.2 Å². The second kappa shape index (κ2) is 7.31. The van der Waals surface area contributed by atoms with Crippen LogP contribution in [0.15, 0.2) is 53.1 Å². The average Bonchev–Trinajstić information content (AvgIpc) is 3.48. The Balaban J connectivity index is 1.44. The van der Waals surface area contributed by atoms with Crippen molar-refractivity contribution in [2.75, 3.05) is 25.4 Å². The number of anilines is 1. The second-order valence-electron chi connectivity index (χ2n) is 7.46. The first-order valence-corrected chi connectivity index (χ1v) is 9.69. The first-order valence-electron chi connectivity index (χ1n) is 9.69. The number of aliphatic hydroxyl groups excluding tert-OH is 1. The van der Waals surface area contributed by atoms with Crippen LogP contribution in [0, 0.1) is 5.92 Å². The quantitative estimate of drug-likeness (QED) is 0.539. The second-order valence-corrected chi connectivity index (χ2v) is 7.46. The van der Waals surface area contributed by atoms with Gasteiger partial charge in [-0.15, -0.1) is 5.10 Å². The summed E-state index contributed by atoms with van der Waals surface area (Å²) in [5, 5.41) is 13.7. The molecule has 3 N–H and O–H groups in total. The summed E-state index contributed by atoms with van der Waals surface area (Å²) in [7, 11) is 0. The molecular formula is C21H22N6O2. The van der Waals surface area contributed by atoms with Crippen LogP contribution in [0.2, 0.25) is 0 Å². The van der Waals surface area contributed by atoms with Gasteiger partial charge in [0.1, 0.15) is 5.82 Å². The number of likely N-dealkylation sites (tertiary alicyclic amines) is 1. The zero-order chi connectivity index (χ0) is 19.8. The van der Waals surface area contributed by atoms with Gasteiger partial charge in [-0.05, 0) is 42.6 Å². The molecule has 0 unspecified atom stereocenters. The average molecular weight is 390 g/mol. The lowest BCUT2D eigenvalue weighted by atomic mass is 10.1. The summed E-state index contributed by atoms with van der Waals surface area (Å²) >= 11 is 0. The zero-order valence-electron chi connectivity index (χ0n) is 15.9. The molecule has 1 fully saturated rings. The van der Waals surface area contributed by atoms with Gasteiger partial charge in [0.2, 0.25) is 5.82 Å². The van der Waals surface area contributed by atoms with Gasteiger partial charge in [-0.2, -0.15) is 9.50 Å². The Morgan fingerprint density at radius 3 is 2.90 bits per heavy atom. The van der Waals surface area contributed by atoms with E-state index < -0.39 is 0 Å². The standard InChI is InChI=1S/C21H22N6O2/c22-19-10-17(23-21-24-20(25-27(19)21)18-5-2-8-29-18)16-4-1-3-14(9-16)11-26-7-6-15(12-26)13-28/h1-5,8-10,15,28H,6-7,11-13,22H2/t15-/m1/s1. The lowest BCUT2D eigenvalue weighted by Gasteiger charge is -2.16. The molecule has 1 aliphatic heterocycles. The first kappa shape index (κ1) is 17.8. The van der Waals surface area contributed by atoms with Gasteiger partial charge in [0.25, 0.3) is 5.78 Å². The monoisotopic (exact) mass is 390 g/mol. The summed E-state index contributed by atoms with van der Waals surface area (Å²) in [6.45, 7) is 3.07. The molecule has 4 heterocycles. The smallest absolute Gasteiger partial charge is 0.255 e. The minimum atomic E-state index is 0.262. The van der Waals surface area contributed by atoms with Crippen molar-refractivity contribution < 1.29 is 9.52 Å². The zero-order valence-corrected chi connectivity index (χ0v) is 15.9. The van der Waals surface area contributed by atoms with Crippen molar-refractivity contribution in [3.8, 4) is 22.8 Å². The summed E-state index contributed by atoms with van der Waals surface area (Å²) in [5.41, 5.74) is 9.17. The third-order valence-electron chi connectivity index (χ3n) is 5.34. The largest absolute Gasteiger partial charge is 0.461 e. The van der Waals surface area contributed by atoms with Gasteiger partial charge in [-0.1, -0.05) is 18.2 Å². The van der Waals surface area contributed by atoms with E-state index in [1.165, 1.54) is 10.1 Å². The Hall–Kier alpha value is -3.23. The summed E-state index contributed by atoms with van der Waals surface area (Å²) in [6, 6.07) is 13.7. The molecule has 0 amide bonds. The number of aromatic nitrogens is 4. The molecule has 0 bridgehead atoms. The lowest BCUT2D eigenvalue weighted by molar-refractivity contribution is 0.220. The van der Waals surface area contributed by atoms with E-state index in [9.17, 15) is 5.11 Å². The van der Waals surface area contributed by atoms with Crippen LogP contribution in [0.3, 0.4) is 0 Å². The van der Waals surface area contributed by atoms with Crippen LogP contribution in [0.1, 0.15) is 12.0 Å². The van der Waals surface area contributed by atoms with Gasteiger partial charge in [0.05, 0.1) is 12.0 Å². The highest BCUT2D eigenvalue weighted by molar-refractivity contribution is 5.66. The fourth-order valence-electron chi connectivity index (χ4n) is 3.84. The molecule has 0 radical (unpaired) electrons. The predicted octanol–water partition coefficient (Wildman–Crippen LogP) is 2.45. The molecule has 4 aromatic rings. The number of hydrogen-bond acceptors (Lipinski definition) is 7. The highest BCUT2D eigenvalue weighted by Crippen LogP contribution is 2.25. The van der Waals surface area contributed by atoms with Crippen LogP contribution in [0.5, 0.6) is 0 Å². The highest BCUT2D eigenvalue weighted by atomic mass is 16.3. The van der Waals surface area contributed by atoms with Gasteiger partial charge in [0.15, 0.2) is 5.76 Å². The van der Waals surface area contributed by atoms with Crippen LogP contribution in [-0.4, -0.2) is 49.3 Å². The van der Waals surface area contributed by atoms with Gasteiger partial charge in [0, 0.05) is 31.3 Å². The van der Waals surface area contributed by atoms with Gasteiger partial charge in [-0.25, -0.2) is 4.98 Å².